The molecule has 94 valence electrons. The van der Waals surface area contributed by atoms with E-state index in [-0.39, 0.29) is 0 Å². The standard InChI is InChI=1S/C15H17NO2/c1-17-12-7-8-15(18-2)14(9-12)13-6-4-3-5-11(13)10-16/h3-9H,10,16H2,1-2H3. The lowest BCUT2D eigenvalue weighted by molar-refractivity contribution is 0.404. The SMILES string of the molecule is COc1ccc(OC)c(-c2ccccc2CN)c1. The molecule has 2 N–H and O–H groups in total. The molecule has 3 nitrogen and oxygen atoms in total. The summed E-state index contributed by atoms with van der Waals surface area (Å²) < 4.78 is 10.7. The molecular weight excluding hydrogens is 226 g/mol. The van der Waals surface area contributed by atoms with Crippen LogP contribution in [-0.4, -0.2) is 14.2 Å². The summed E-state index contributed by atoms with van der Waals surface area (Å²) in [6, 6.07) is 13.8. The van der Waals surface area contributed by atoms with E-state index in [2.05, 4.69) is 0 Å². The predicted molar refractivity (Wildman–Crippen MR) is 72.9 cm³/mol. The Bertz CT molecular complexity index is 538. The Morgan fingerprint density at radius 2 is 1.72 bits per heavy atom. The molecule has 0 saturated heterocycles. The third-order valence-corrected chi connectivity index (χ3v) is 2.93. The van der Waals surface area contributed by atoms with Crippen LogP contribution in [-0.2, 0) is 6.54 Å². The fourth-order valence-electron chi connectivity index (χ4n) is 1.99. The van der Waals surface area contributed by atoms with Gasteiger partial charge in [-0.05, 0) is 29.3 Å². The van der Waals surface area contributed by atoms with Crippen LogP contribution < -0.4 is 15.2 Å². The van der Waals surface area contributed by atoms with Crippen LogP contribution >= 0.6 is 0 Å². The van der Waals surface area contributed by atoms with Crippen molar-refractivity contribution in [1.82, 2.24) is 0 Å². The molecule has 2 aromatic rings. The van der Waals surface area contributed by atoms with Crippen LogP contribution in [0.4, 0.5) is 0 Å². The van der Waals surface area contributed by atoms with Gasteiger partial charge in [0.1, 0.15) is 11.5 Å². The van der Waals surface area contributed by atoms with Crippen LogP contribution in [0.3, 0.4) is 0 Å². The van der Waals surface area contributed by atoms with Gasteiger partial charge in [0.2, 0.25) is 0 Å². The molecule has 0 fully saturated rings. The summed E-state index contributed by atoms with van der Waals surface area (Å²) in [6.45, 7) is 0.497. The molecule has 0 aliphatic heterocycles. The quantitative estimate of drug-likeness (QED) is 0.898. The number of ether oxygens (including phenoxy) is 2. The van der Waals surface area contributed by atoms with Crippen molar-refractivity contribution < 1.29 is 9.47 Å². The minimum atomic E-state index is 0.497. The smallest absolute Gasteiger partial charge is 0.126 e. The molecule has 0 radical (unpaired) electrons. The van der Waals surface area contributed by atoms with Crippen molar-refractivity contribution in [3.05, 3.63) is 48.0 Å². The number of hydrogen-bond donors (Lipinski definition) is 1. The van der Waals surface area contributed by atoms with Gasteiger partial charge in [-0.2, -0.15) is 0 Å². The molecule has 0 heterocycles. The topological polar surface area (TPSA) is 44.5 Å². The van der Waals surface area contributed by atoms with Crippen LogP contribution in [0.15, 0.2) is 42.5 Å². The summed E-state index contributed by atoms with van der Waals surface area (Å²) in [4.78, 5) is 0. The molecule has 0 bridgehead atoms. The van der Waals surface area contributed by atoms with Gasteiger partial charge in [-0.25, -0.2) is 0 Å². The lowest BCUT2D eigenvalue weighted by atomic mass is 9.98. The molecule has 2 rings (SSSR count). The zero-order valence-corrected chi connectivity index (χ0v) is 10.6. The highest BCUT2D eigenvalue weighted by Gasteiger charge is 2.10. The van der Waals surface area contributed by atoms with E-state index in [0.29, 0.717) is 6.54 Å². The van der Waals surface area contributed by atoms with E-state index in [1.54, 1.807) is 14.2 Å². The number of benzene rings is 2. The van der Waals surface area contributed by atoms with Crippen molar-refractivity contribution in [3.8, 4) is 22.6 Å². The predicted octanol–water partition coefficient (Wildman–Crippen LogP) is 2.83. The van der Waals surface area contributed by atoms with E-state index >= 15 is 0 Å². The molecule has 2 aromatic carbocycles. The molecular formula is C15H17NO2. The van der Waals surface area contributed by atoms with E-state index in [1.807, 2.05) is 42.5 Å². The van der Waals surface area contributed by atoms with Gasteiger partial charge in [0.05, 0.1) is 14.2 Å². The second-order valence-corrected chi connectivity index (χ2v) is 3.93. The molecule has 0 spiro atoms. The fourth-order valence-corrected chi connectivity index (χ4v) is 1.99. The average molecular weight is 243 g/mol. The normalized spacial score (nSPS) is 10.2. The first-order valence-corrected chi connectivity index (χ1v) is 5.80. The molecule has 0 amide bonds. The molecule has 0 saturated carbocycles. The molecule has 3 heteroatoms. The monoisotopic (exact) mass is 243 g/mol. The maximum Gasteiger partial charge on any atom is 0.126 e. The zero-order chi connectivity index (χ0) is 13.0. The van der Waals surface area contributed by atoms with Gasteiger partial charge in [0, 0.05) is 12.1 Å². The summed E-state index contributed by atoms with van der Waals surface area (Å²) in [6.07, 6.45) is 0. The Balaban J connectivity index is 2.60. The van der Waals surface area contributed by atoms with Crippen LogP contribution in [0.1, 0.15) is 5.56 Å². The number of nitrogens with two attached hydrogens (primary N) is 1. The van der Waals surface area contributed by atoms with E-state index in [1.165, 1.54) is 0 Å². The molecule has 0 aromatic heterocycles. The zero-order valence-electron chi connectivity index (χ0n) is 10.6. The van der Waals surface area contributed by atoms with Crippen molar-refractivity contribution in [2.75, 3.05) is 14.2 Å². The largest absolute Gasteiger partial charge is 0.497 e. The highest BCUT2D eigenvalue weighted by molar-refractivity contribution is 5.74. The van der Waals surface area contributed by atoms with E-state index < -0.39 is 0 Å². The summed E-state index contributed by atoms with van der Waals surface area (Å²) >= 11 is 0. The Hall–Kier alpha value is -2.00. The van der Waals surface area contributed by atoms with Crippen molar-refractivity contribution in [1.29, 1.82) is 0 Å². The van der Waals surface area contributed by atoms with Gasteiger partial charge in [-0.1, -0.05) is 24.3 Å². The highest BCUT2D eigenvalue weighted by Crippen LogP contribution is 2.35. The number of hydrogen-bond acceptors (Lipinski definition) is 3. The summed E-state index contributed by atoms with van der Waals surface area (Å²) in [5, 5.41) is 0. The highest BCUT2D eigenvalue weighted by atomic mass is 16.5. The van der Waals surface area contributed by atoms with Crippen LogP contribution in [0, 0.1) is 0 Å². The Kier molecular flexibility index (Phi) is 3.85. The van der Waals surface area contributed by atoms with Gasteiger partial charge in [0.25, 0.3) is 0 Å². The van der Waals surface area contributed by atoms with Crippen LogP contribution in [0.2, 0.25) is 0 Å². The maximum absolute atomic E-state index is 5.78. The second-order valence-electron chi connectivity index (χ2n) is 3.93. The lowest BCUT2D eigenvalue weighted by Gasteiger charge is -2.13. The minimum absolute atomic E-state index is 0.497. The average Bonchev–Trinajstić information content (AvgIpc) is 2.46. The maximum atomic E-state index is 5.78. The van der Waals surface area contributed by atoms with Crippen LogP contribution in [0.25, 0.3) is 11.1 Å². The van der Waals surface area contributed by atoms with Gasteiger partial charge < -0.3 is 15.2 Å². The first-order valence-electron chi connectivity index (χ1n) is 5.80. The Morgan fingerprint density at radius 1 is 0.944 bits per heavy atom. The fraction of sp³-hybridized carbons (Fsp3) is 0.200. The first kappa shape index (κ1) is 12.5. The third-order valence-electron chi connectivity index (χ3n) is 2.93. The van der Waals surface area contributed by atoms with Gasteiger partial charge in [-0.15, -0.1) is 0 Å². The van der Waals surface area contributed by atoms with Crippen molar-refractivity contribution in [3.63, 3.8) is 0 Å². The van der Waals surface area contributed by atoms with E-state index in [0.717, 1.165) is 28.2 Å². The third kappa shape index (κ3) is 2.31. The molecule has 0 unspecified atom stereocenters. The minimum Gasteiger partial charge on any atom is -0.497 e. The molecule has 18 heavy (non-hydrogen) atoms. The van der Waals surface area contributed by atoms with Crippen molar-refractivity contribution in [2.24, 2.45) is 5.73 Å². The second kappa shape index (κ2) is 5.56. The Morgan fingerprint density at radius 3 is 2.39 bits per heavy atom. The summed E-state index contributed by atoms with van der Waals surface area (Å²) in [5.74, 6) is 1.62. The summed E-state index contributed by atoms with van der Waals surface area (Å²) in [7, 11) is 3.32. The first-order chi connectivity index (χ1) is 8.80. The van der Waals surface area contributed by atoms with Crippen molar-refractivity contribution >= 4 is 0 Å². The van der Waals surface area contributed by atoms with E-state index in [4.69, 9.17) is 15.2 Å². The van der Waals surface area contributed by atoms with Gasteiger partial charge in [-0.3, -0.25) is 0 Å². The number of methoxy groups -OCH3 is 2. The molecule has 0 atom stereocenters. The summed E-state index contributed by atoms with van der Waals surface area (Å²) in [5.41, 5.74) is 8.94. The molecule has 0 aliphatic carbocycles. The Labute approximate surface area is 107 Å². The van der Waals surface area contributed by atoms with Crippen LogP contribution in [0.5, 0.6) is 11.5 Å². The van der Waals surface area contributed by atoms with Gasteiger partial charge >= 0.3 is 0 Å². The lowest BCUT2D eigenvalue weighted by Crippen LogP contribution is -1.99. The van der Waals surface area contributed by atoms with Crippen molar-refractivity contribution in [2.45, 2.75) is 6.54 Å². The van der Waals surface area contributed by atoms with E-state index in [9.17, 15) is 0 Å². The van der Waals surface area contributed by atoms with Gasteiger partial charge in [0.15, 0.2) is 0 Å². The molecule has 0 aliphatic rings. The number of rotatable bonds is 4.